The summed E-state index contributed by atoms with van der Waals surface area (Å²) in [4.78, 5) is 23.7. The summed E-state index contributed by atoms with van der Waals surface area (Å²) in [6.07, 6.45) is -1.19. The van der Waals surface area contributed by atoms with Crippen molar-refractivity contribution in [3.05, 3.63) is 0 Å². The first-order chi connectivity index (χ1) is 7.76. The number of nitrogens with zero attached hydrogens (tertiary/aromatic N) is 1. The first kappa shape index (κ1) is 15.5. The van der Waals surface area contributed by atoms with E-state index in [0.717, 1.165) is 0 Å². The van der Waals surface area contributed by atoms with Crippen LogP contribution in [0.25, 0.3) is 0 Å². The van der Waals surface area contributed by atoms with Gasteiger partial charge >= 0.3 is 12.2 Å². The molecule has 100 valence electrons. The van der Waals surface area contributed by atoms with Crippen LogP contribution in [0.2, 0.25) is 0 Å². The van der Waals surface area contributed by atoms with Gasteiger partial charge in [0.1, 0.15) is 12.2 Å². The fourth-order valence-corrected chi connectivity index (χ4v) is 0.857. The maximum Gasteiger partial charge on any atom is 0.508 e. The Hall–Kier alpha value is -1.46. The van der Waals surface area contributed by atoms with Crippen molar-refractivity contribution in [2.24, 2.45) is 0 Å². The molecule has 0 aromatic heterocycles. The Morgan fingerprint density at radius 3 is 2.24 bits per heavy atom. The fraction of sp³-hybridized carbons (Fsp3) is 0.818. The van der Waals surface area contributed by atoms with Gasteiger partial charge in [0.05, 0.1) is 13.2 Å². The molecule has 0 unspecified atom stereocenters. The lowest BCUT2D eigenvalue weighted by atomic mass is 10.2. The van der Waals surface area contributed by atoms with E-state index in [2.05, 4.69) is 4.74 Å². The second-order valence-electron chi connectivity index (χ2n) is 4.43. The van der Waals surface area contributed by atoms with Crippen LogP contribution in [0.15, 0.2) is 0 Å². The number of hydrogen-bond donors (Lipinski definition) is 0. The van der Waals surface area contributed by atoms with E-state index in [0.29, 0.717) is 0 Å². The zero-order valence-corrected chi connectivity index (χ0v) is 11.1. The molecule has 0 N–H and O–H groups in total. The van der Waals surface area contributed by atoms with Gasteiger partial charge in [0, 0.05) is 7.05 Å². The van der Waals surface area contributed by atoms with Crippen molar-refractivity contribution in [2.45, 2.75) is 33.3 Å². The van der Waals surface area contributed by atoms with Gasteiger partial charge < -0.3 is 19.1 Å². The highest BCUT2D eigenvalue weighted by molar-refractivity contribution is 5.67. The van der Waals surface area contributed by atoms with Gasteiger partial charge in [-0.15, -0.1) is 0 Å². The molecule has 0 spiro atoms. The largest absolute Gasteiger partial charge is 0.508 e. The van der Waals surface area contributed by atoms with Crippen molar-refractivity contribution in [3.8, 4) is 0 Å². The van der Waals surface area contributed by atoms with E-state index in [1.165, 1.54) is 4.90 Å². The summed E-state index contributed by atoms with van der Waals surface area (Å²) in [6, 6.07) is 0. The summed E-state index contributed by atoms with van der Waals surface area (Å²) in [5, 5.41) is 0. The number of rotatable bonds is 4. The van der Waals surface area contributed by atoms with E-state index in [1.807, 2.05) is 0 Å². The Bertz CT molecular complexity index is 259. The molecule has 17 heavy (non-hydrogen) atoms. The van der Waals surface area contributed by atoms with Gasteiger partial charge in [0.25, 0.3) is 0 Å². The summed E-state index contributed by atoms with van der Waals surface area (Å²) in [7, 11) is 1.57. The SMILES string of the molecule is CCOC(=O)OCCN(C)C(=O)OC(C)(C)C. The van der Waals surface area contributed by atoms with Crippen molar-refractivity contribution in [2.75, 3.05) is 26.8 Å². The molecular formula is C11H21NO5. The van der Waals surface area contributed by atoms with E-state index < -0.39 is 17.8 Å². The molecule has 0 aliphatic rings. The van der Waals surface area contributed by atoms with Gasteiger partial charge in [0.2, 0.25) is 0 Å². The number of ether oxygens (including phenoxy) is 3. The van der Waals surface area contributed by atoms with Crippen LogP contribution in [0, 0.1) is 0 Å². The maximum absolute atomic E-state index is 11.5. The summed E-state index contributed by atoms with van der Waals surface area (Å²) < 4.78 is 14.4. The second kappa shape index (κ2) is 6.98. The number of carbonyl (C=O) groups excluding carboxylic acids is 2. The van der Waals surface area contributed by atoms with Crippen LogP contribution >= 0.6 is 0 Å². The first-order valence-electron chi connectivity index (χ1n) is 5.50. The van der Waals surface area contributed by atoms with Gasteiger partial charge in [-0.05, 0) is 27.7 Å². The fourth-order valence-electron chi connectivity index (χ4n) is 0.857. The molecule has 6 heteroatoms. The molecule has 0 aromatic rings. The predicted molar refractivity (Wildman–Crippen MR) is 61.8 cm³/mol. The number of likely N-dealkylation sites (N-methyl/N-ethyl adjacent to an activating group) is 1. The highest BCUT2D eigenvalue weighted by Gasteiger charge is 2.19. The van der Waals surface area contributed by atoms with Crippen LogP contribution in [-0.2, 0) is 14.2 Å². The molecule has 6 nitrogen and oxygen atoms in total. The molecule has 0 aliphatic carbocycles. The summed E-state index contributed by atoms with van der Waals surface area (Å²) >= 11 is 0. The van der Waals surface area contributed by atoms with Gasteiger partial charge in [-0.3, -0.25) is 0 Å². The van der Waals surface area contributed by atoms with Crippen LogP contribution in [0.3, 0.4) is 0 Å². The van der Waals surface area contributed by atoms with E-state index in [9.17, 15) is 9.59 Å². The van der Waals surface area contributed by atoms with Gasteiger partial charge in [-0.1, -0.05) is 0 Å². The lowest BCUT2D eigenvalue weighted by Gasteiger charge is -2.24. The molecular weight excluding hydrogens is 226 g/mol. The maximum atomic E-state index is 11.5. The summed E-state index contributed by atoms with van der Waals surface area (Å²) in [6.45, 7) is 7.65. The number of hydrogen-bond acceptors (Lipinski definition) is 5. The molecule has 0 fully saturated rings. The second-order valence-corrected chi connectivity index (χ2v) is 4.43. The molecule has 0 atom stereocenters. The first-order valence-corrected chi connectivity index (χ1v) is 5.50. The van der Waals surface area contributed by atoms with Crippen molar-refractivity contribution < 1.29 is 23.8 Å². The number of carbonyl (C=O) groups is 2. The Morgan fingerprint density at radius 2 is 1.76 bits per heavy atom. The third-order valence-corrected chi connectivity index (χ3v) is 1.61. The topological polar surface area (TPSA) is 65.1 Å². The van der Waals surface area contributed by atoms with Crippen LogP contribution in [0.1, 0.15) is 27.7 Å². The normalized spacial score (nSPS) is 10.6. The van der Waals surface area contributed by atoms with Crippen LogP contribution in [0.5, 0.6) is 0 Å². The Kier molecular flexibility index (Phi) is 6.38. The molecule has 1 amide bonds. The van der Waals surface area contributed by atoms with Crippen molar-refractivity contribution in [1.29, 1.82) is 0 Å². The molecule has 0 rings (SSSR count). The van der Waals surface area contributed by atoms with E-state index >= 15 is 0 Å². The minimum absolute atomic E-state index is 0.0780. The Labute approximate surface area is 102 Å². The average Bonchev–Trinajstić information content (AvgIpc) is 2.15. The Balaban J connectivity index is 3.82. The van der Waals surface area contributed by atoms with Crippen LogP contribution < -0.4 is 0 Å². The minimum Gasteiger partial charge on any atom is -0.444 e. The van der Waals surface area contributed by atoms with E-state index in [4.69, 9.17) is 9.47 Å². The third-order valence-electron chi connectivity index (χ3n) is 1.61. The van der Waals surface area contributed by atoms with Gasteiger partial charge in [-0.2, -0.15) is 0 Å². The van der Waals surface area contributed by atoms with Crippen LogP contribution in [-0.4, -0.2) is 49.6 Å². The quantitative estimate of drug-likeness (QED) is 0.711. The number of amides is 1. The minimum atomic E-state index is -0.731. The zero-order chi connectivity index (χ0) is 13.5. The molecule has 0 saturated heterocycles. The summed E-state index contributed by atoms with van der Waals surface area (Å²) in [5.41, 5.74) is -0.534. The summed E-state index contributed by atoms with van der Waals surface area (Å²) in [5.74, 6) is 0. The molecule has 0 saturated carbocycles. The molecule has 0 heterocycles. The van der Waals surface area contributed by atoms with Gasteiger partial charge in [0.15, 0.2) is 0 Å². The van der Waals surface area contributed by atoms with Crippen molar-refractivity contribution >= 4 is 12.2 Å². The Morgan fingerprint density at radius 1 is 1.18 bits per heavy atom. The van der Waals surface area contributed by atoms with Crippen molar-refractivity contribution in [3.63, 3.8) is 0 Å². The van der Waals surface area contributed by atoms with Gasteiger partial charge in [-0.25, -0.2) is 9.59 Å². The van der Waals surface area contributed by atoms with E-state index in [1.54, 1.807) is 34.7 Å². The molecule has 0 bridgehead atoms. The average molecular weight is 247 g/mol. The molecule has 0 aromatic carbocycles. The standard InChI is InChI=1S/C11H21NO5/c1-6-15-10(14)16-8-7-12(5)9(13)17-11(2,3)4/h6-8H2,1-5H3. The molecule has 0 aliphatic heterocycles. The lowest BCUT2D eigenvalue weighted by molar-refractivity contribution is 0.0205. The monoisotopic (exact) mass is 247 g/mol. The van der Waals surface area contributed by atoms with Crippen LogP contribution in [0.4, 0.5) is 9.59 Å². The lowest BCUT2D eigenvalue weighted by Crippen LogP contribution is -2.36. The van der Waals surface area contributed by atoms with E-state index in [-0.39, 0.29) is 19.8 Å². The predicted octanol–water partition coefficient (Wildman–Crippen LogP) is 2.03. The third kappa shape index (κ3) is 8.36. The van der Waals surface area contributed by atoms with Crippen molar-refractivity contribution in [1.82, 2.24) is 4.90 Å². The molecule has 0 radical (unpaired) electrons. The highest BCUT2D eigenvalue weighted by atomic mass is 16.7. The zero-order valence-electron chi connectivity index (χ0n) is 11.1. The smallest absolute Gasteiger partial charge is 0.444 e. The highest BCUT2D eigenvalue weighted by Crippen LogP contribution is 2.08.